The Balaban J connectivity index is 1.99. The zero-order valence-electron chi connectivity index (χ0n) is 9.53. The van der Waals surface area contributed by atoms with Gasteiger partial charge in [-0.1, -0.05) is 13.3 Å². The summed E-state index contributed by atoms with van der Waals surface area (Å²) in [7, 11) is 0. The van der Waals surface area contributed by atoms with E-state index in [0.29, 0.717) is 17.3 Å². The molecule has 0 amide bonds. The molecule has 2 unspecified atom stereocenters. The predicted molar refractivity (Wildman–Crippen MR) is 66.0 cm³/mol. The zero-order valence-corrected chi connectivity index (χ0v) is 9.53. The van der Waals surface area contributed by atoms with Crippen LogP contribution in [0.2, 0.25) is 0 Å². The van der Waals surface area contributed by atoms with Crippen LogP contribution in [0.4, 0.5) is 11.4 Å². The number of rotatable bonds is 4. The van der Waals surface area contributed by atoms with Crippen molar-refractivity contribution < 1.29 is 0 Å². The van der Waals surface area contributed by atoms with Crippen molar-refractivity contribution in [2.75, 3.05) is 11.1 Å². The molecule has 84 valence electrons. The number of benzene rings is 1. The summed E-state index contributed by atoms with van der Waals surface area (Å²) in [6.07, 6.45) is 3.77. The van der Waals surface area contributed by atoms with Crippen molar-refractivity contribution in [2.24, 2.45) is 5.92 Å². The van der Waals surface area contributed by atoms with Crippen LogP contribution in [0.1, 0.15) is 31.7 Å². The molecule has 3 N–H and O–H groups in total. The molecule has 1 saturated carbocycles. The number of nitrogens with one attached hydrogen (secondary N) is 1. The fourth-order valence-electron chi connectivity index (χ4n) is 2.08. The van der Waals surface area contributed by atoms with Crippen LogP contribution >= 0.6 is 0 Å². The first kappa shape index (κ1) is 10.8. The normalized spacial score (nSPS) is 22.5. The molecule has 3 nitrogen and oxygen atoms in total. The van der Waals surface area contributed by atoms with Crippen molar-refractivity contribution in [2.45, 2.75) is 32.2 Å². The molecule has 0 saturated heterocycles. The predicted octanol–water partition coefficient (Wildman–Crippen LogP) is 2.74. The molecule has 0 spiro atoms. The number of nitriles is 1. The highest BCUT2D eigenvalue weighted by molar-refractivity contribution is 5.68. The van der Waals surface area contributed by atoms with Crippen molar-refractivity contribution in [3.05, 3.63) is 23.8 Å². The third-order valence-electron chi connectivity index (χ3n) is 3.10. The Morgan fingerprint density at radius 2 is 2.38 bits per heavy atom. The fraction of sp³-hybridized carbons (Fsp3) is 0.462. The molecule has 2 atom stereocenters. The molecule has 2 rings (SSSR count). The SMILES string of the molecule is CCCC1CC1Nc1ccc(C#N)cc1N. The monoisotopic (exact) mass is 215 g/mol. The van der Waals surface area contributed by atoms with Gasteiger partial charge in [0, 0.05) is 6.04 Å². The Morgan fingerprint density at radius 1 is 1.56 bits per heavy atom. The smallest absolute Gasteiger partial charge is 0.0992 e. The van der Waals surface area contributed by atoms with Crippen LogP contribution in [0.15, 0.2) is 18.2 Å². The van der Waals surface area contributed by atoms with Gasteiger partial charge >= 0.3 is 0 Å². The number of hydrogen-bond donors (Lipinski definition) is 2. The molecule has 0 bridgehead atoms. The first-order valence-corrected chi connectivity index (χ1v) is 5.80. The van der Waals surface area contributed by atoms with E-state index in [4.69, 9.17) is 11.0 Å². The summed E-state index contributed by atoms with van der Waals surface area (Å²) in [4.78, 5) is 0. The van der Waals surface area contributed by atoms with Gasteiger partial charge in [0.25, 0.3) is 0 Å². The largest absolute Gasteiger partial charge is 0.397 e. The quantitative estimate of drug-likeness (QED) is 0.759. The van der Waals surface area contributed by atoms with E-state index in [1.165, 1.54) is 19.3 Å². The molecule has 1 fully saturated rings. The highest BCUT2D eigenvalue weighted by Gasteiger charge is 2.36. The van der Waals surface area contributed by atoms with Crippen LogP contribution in [-0.4, -0.2) is 6.04 Å². The lowest BCUT2D eigenvalue weighted by molar-refractivity contribution is 0.693. The molecule has 1 aromatic carbocycles. The van der Waals surface area contributed by atoms with Gasteiger partial charge < -0.3 is 11.1 Å². The van der Waals surface area contributed by atoms with Crippen molar-refractivity contribution in [3.8, 4) is 6.07 Å². The Labute approximate surface area is 96.3 Å². The molecule has 0 aromatic heterocycles. The van der Waals surface area contributed by atoms with Gasteiger partial charge in [-0.25, -0.2) is 0 Å². The van der Waals surface area contributed by atoms with Gasteiger partial charge in [0.1, 0.15) is 0 Å². The number of nitrogen functional groups attached to an aromatic ring is 1. The van der Waals surface area contributed by atoms with Gasteiger partial charge in [0.15, 0.2) is 0 Å². The average molecular weight is 215 g/mol. The summed E-state index contributed by atoms with van der Waals surface area (Å²) in [6.45, 7) is 2.21. The Kier molecular flexibility index (Phi) is 3.00. The molecule has 0 heterocycles. The maximum atomic E-state index is 8.73. The molecule has 1 aliphatic carbocycles. The molecular formula is C13H17N3. The first-order valence-electron chi connectivity index (χ1n) is 5.80. The molecule has 0 radical (unpaired) electrons. The van der Waals surface area contributed by atoms with Crippen LogP contribution in [0, 0.1) is 17.2 Å². The fourth-order valence-corrected chi connectivity index (χ4v) is 2.08. The number of nitrogens with zero attached hydrogens (tertiary/aromatic N) is 1. The maximum absolute atomic E-state index is 8.73. The van der Waals surface area contributed by atoms with Crippen LogP contribution in [0.3, 0.4) is 0 Å². The Morgan fingerprint density at radius 3 is 3.00 bits per heavy atom. The van der Waals surface area contributed by atoms with Crippen molar-refractivity contribution in [1.82, 2.24) is 0 Å². The summed E-state index contributed by atoms with van der Waals surface area (Å²) in [5, 5.41) is 12.2. The van der Waals surface area contributed by atoms with E-state index < -0.39 is 0 Å². The van der Waals surface area contributed by atoms with E-state index in [1.807, 2.05) is 6.07 Å². The summed E-state index contributed by atoms with van der Waals surface area (Å²) in [5.41, 5.74) is 8.12. The van der Waals surface area contributed by atoms with Crippen LogP contribution in [-0.2, 0) is 0 Å². The van der Waals surface area contributed by atoms with Crippen molar-refractivity contribution in [1.29, 1.82) is 5.26 Å². The number of anilines is 2. The number of nitrogens with two attached hydrogens (primary N) is 1. The molecule has 0 aliphatic heterocycles. The zero-order chi connectivity index (χ0) is 11.5. The summed E-state index contributed by atoms with van der Waals surface area (Å²) in [5.74, 6) is 0.806. The highest BCUT2D eigenvalue weighted by atomic mass is 15.0. The van der Waals surface area contributed by atoms with Gasteiger partial charge in [-0.15, -0.1) is 0 Å². The standard InChI is InChI=1S/C13H17N3/c1-2-3-10-7-13(10)16-12-5-4-9(8-14)6-11(12)15/h4-6,10,13,16H,2-3,7,15H2,1H3. The van der Waals surface area contributed by atoms with E-state index in [9.17, 15) is 0 Å². The van der Waals surface area contributed by atoms with Crippen molar-refractivity contribution >= 4 is 11.4 Å². The lowest BCUT2D eigenvalue weighted by Crippen LogP contribution is -2.06. The van der Waals surface area contributed by atoms with Crippen LogP contribution < -0.4 is 11.1 Å². The van der Waals surface area contributed by atoms with Gasteiger partial charge in [-0.05, 0) is 37.0 Å². The first-order chi connectivity index (χ1) is 7.74. The molecule has 16 heavy (non-hydrogen) atoms. The van der Waals surface area contributed by atoms with E-state index >= 15 is 0 Å². The second-order valence-corrected chi connectivity index (χ2v) is 4.45. The lowest BCUT2D eigenvalue weighted by atomic mass is 10.2. The summed E-state index contributed by atoms with van der Waals surface area (Å²) >= 11 is 0. The second kappa shape index (κ2) is 4.44. The van der Waals surface area contributed by atoms with Crippen molar-refractivity contribution in [3.63, 3.8) is 0 Å². The molecule has 1 aromatic rings. The Hall–Kier alpha value is -1.69. The van der Waals surface area contributed by atoms with Gasteiger partial charge in [-0.3, -0.25) is 0 Å². The summed E-state index contributed by atoms with van der Waals surface area (Å²) < 4.78 is 0. The average Bonchev–Trinajstić information content (AvgIpc) is 3.00. The van der Waals surface area contributed by atoms with Crippen LogP contribution in [0.25, 0.3) is 0 Å². The highest BCUT2D eigenvalue weighted by Crippen LogP contribution is 2.38. The minimum atomic E-state index is 0.579. The molecule has 1 aliphatic rings. The maximum Gasteiger partial charge on any atom is 0.0992 e. The van der Waals surface area contributed by atoms with E-state index in [0.717, 1.165) is 11.6 Å². The van der Waals surface area contributed by atoms with E-state index in [1.54, 1.807) is 12.1 Å². The van der Waals surface area contributed by atoms with E-state index in [2.05, 4.69) is 18.3 Å². The minimum Gasteiger partial charge on any atom is -0.397 e. The lowest BCUT2D eigenvalue weighted by Gasteiger charge is -2.08. The second-order valence-electron chi connectivity index (χ2n) is 4.45. The third kappa shape index (κ3) is 2.27. The third-order valence-corrected chi connectivity index (χ3v) is 3.10. The molecule has 3 heteroatoms. The Bertz CT molecular complexity index is 420. The van der Waals surface area contributed by atoms with Gasteiger partial charge in [0.2, 0.25) is 0 Å². The summed E-state index contributed by atoms with van der Waals surface area (Å²) in [6, 6.07) is 8.09. The topological polar surface area (TPSA) is 61.8 Å². The van der Waals surface area contributed by atoms with Gasteiger partial charge in [-0.2, -0.15) is 5.26 Å². The van der Waals surface area contributed by atoms with Crippen LogP contribution in [0.5, 0.6) is 0 Å². The van der Waals surface area contributed by atoms with Gasteiger partial charge in [0.05, 0.1) is 23.0 Å². The minimum absolute atomic E-state index is 0.579. The van der Waals surface area contributed by atoms with E-state index in [-0.39, 0.29) is 0 Å². The molecular weight excluding hydrogens is 198 g/mol. The number of hydrogen-bond acceptors (Lipinski definition) is 3.